The summed E-state index contributed by atoms with van der Waals surface area (Å²) in [7, 11) is 0. The van der Waals surface area contributed by atoms with Gasteiger partial charge in [-0.3, -0.25) is 4.79 Å². The van der Waals surface area contributed by atoms with Crippen LogP contribution in [0.25, 0.3) is 23.0 Å². The molecule has 2 aromatic carbocycles. The van der Waals surface area contributed by atoms with Crippen molar-refractivity contribution in [3.63, 3.8) is 0 Å². The molecule has 8 heteroatoms. The molecule has 0 radical (unpaired) electrons. The normalized spacial score (nSPS) is 13.6. The number of carbonyl (C=O) groups excluding carboxylic acids is 1. The first-order valence-corrected chi connectivity index (χ1v) is 8.96. The topological polar surface area (TPSA) is 89.9 Å². The Kier molecular flexibility index (Phi) is 3.93. The van der Waals surface area contributed by atoms with Crippen LogP contribution in [0.2, 0.25) is 0 Å². The van der Waals surface area contributed by atoms with Crippen molar-refractivity contribution >= 4 is 5.91 Å². The molecular formula is C20H16N6O2. The van der Waals surface area contributed by atoms with E-state index in [1.54, 1.807) is 9.58 Å². The maximum Gasteiger partial charge on any atom is 0.281 e. The summed E-state index contributed by atoms with van der Waals surface area (Å²) in [5.74, 6) is 0.492. The molecule has 1 amide bonds. The van der Waals surface area contributed by atoms with Crippen molar-refractivity contribution in [3.8, 4) is 23.0 Å². The molecule has 0 bridgehead atoms. The molecule has 1 aliphatic heterocycles. The first-order chi connectivity index (χ1) is 13.8. The maximum absolute atomic E-state index is 13.1. The number of carbonyl (C=O) groups is 1. The Balaban J connectivity index is 1.46. The van der Waals surface area contributed by atoms with Gasteiger partial charge in [0.15, 0.2) is 11.4 Å². The highest BCUT2D eigenvalue weighted by Crippen LogP contribution is 2.26. The monoisotopic (exact) mass is 372 g/mol. The van der Waals surface area contributed by atoms with Gasteiger partial charge >= 0.3 is 0 Å². The van der Waals surface area contributed by atoms with Crippen LogP contribution in [0.5, 0.6) is 0 Å². The summed E-state index contributed by atoms with van der Waals surface area (Å²) in [6.45, 7) is 1.67. The lowest BCUT2D eigenvalue weighted by molar-refractivity contribution is 0.0684. The van der Waals surface area contributed by atoms with E-state index in [2.05, 4.69) is 20.5 Å². The zero-order valence-corrected chi connectivity index (χ0v) is 14.9. The molecule has 0 saturated carbocycles. The predicted octanol–water partition coefficient (Wildman–Crippen LogP) is 2.65. The Morgan fingerprint density at radius 1 is 0.964 bits per heavy atom. The van der Waals surface area contributed by atoms with E-state index in [1.165, 1.54) is 0 Å². The summed E-state index contributed by atoms with van der Waals surface area (Å²) in [5, 5.41) is 12.2. The van der Waals surface area contributed by atoms with Crippen LogP contribution in [0.1, 0.15) is 16.1 Å². The minimum atomic E-state index is -0.144. The molecule has 8 nitrogen and oxygen atoms in total. The van der Waals surface area contributed by atoms with E-state index >= 15 is 0 Å². The highest BCUT2D eigenvalue weighted by atomic mass is 16.5. The van der Waals surface area contributed by atoms with Crippen LogP contribution in [-0.4, -0.2) is 42.5 Å². The Morgan fingerprint density at radius 2 is 1.71 bits per heavy atom. The minimum absolute atomic E-state index is 0.144. The van der Waals surface area contributed by atoms with Crippen LogP contribution in [0, 0.1) is 0 Å². The minimum Gasteiger partial charge on any atom is -0.332 e. The molecule has 138 valence electrons. The lowest BCUT2D eigenvalue weighted by atomic mass is 10.1. The van der Waals surface area contributed by atoms with E-state index in [1.807, 2.05) is 60.7 Å². The van der Waals surface area contributed by atoms with E-state index in [-0.39, 0.29) is 11.8 Å². The number of hydrogen-bond donors (Lipinski definition) is 0. The molecule has 2 aromatic heterocycles. The van der Waals surface area contributed by atoms with Crippen molar-refractivity contribution in [1.82, 2.24) is 30.0 Å². The summed E-state index contributed by atoms with van der Waals surface area (Å²) in [6.07, 6.45) is 0. The summed E-state index contributed by atoms with van der Waals surface area (Å²) >= 11 is 0. The second kappa shape index (κ2) is 6.73. The second-order valence-electron chi connectivity index (χ2n) is 6.51. The van der Waals surface area contributed by atoms with E-state index < -0.39 is 0 Å². The highest BCUT2D eigenvalue weighted by molar-refractivity contribution is 5.98. The first kappa shape index (κ1) is 16.4. The van der Waals surface area contributed by atoms with E-state index in [4.69, 9.17) is 4.52 Å². The third kappa shape index (κ3) is 2.84. The first-order valence-electron chi connectivity index (χ1n) is 8.96. The number of benzene rings is 2. The SMILES string of the molecule is O=C1c2c(-c3nc(-c4ccccc4)no3)nnn2CCN1Cc1ccccc1. The Bertz CT molecular complexity index is 1120. The Labute approximate surface area is 160 Å². The van der Waals surface area contributed by atoms with Gasteiger partial charge in [0.1, 0.15) is 0 Å². The zero-order valence-electron chi connectivity index (χ0n) is 14.9. The van der Waals surface area contributed by atoms with Crippen molar-refractivity contribution in [1.29, 1.82) is 0 Å². The standard InChI is InChI=1S/C20H16N6O2/c27-20-17-16(19-21-18(23-28-19)15-9-5-2-6-10-15)22-24-26(17)12-11-25(20)13-14-7-3-1-4-8-14/h1-10H,11-13H2. The molecule has 0 saturated heterocycles. The van der Waals surface area contributed by atoms with Crippen molar-refractivity contribution in [2.24, 2.45) is 0 Å². The van der Waals surface area contributed by atoms with Gasteiger partial charge in [0.2, 0.25) is 5.82 Å². The van der Waals surface area contributed by atoms with Crippen molar-refractivity contribution in [2.45, 2.75) is 13.1 Å². The number of amides is 1. The smallest absolute Gasteiger partial charge is 0.281 e. The van der Waals surface area contributed by atoms with Crippen LogP contribution in [-0.2, 0) is 13.1 Å². The molecule has 3 heterocycles. The third-order valence-corrected chi connectivity index (χ3v) is 4.68. The van der Waals surface area contributed by atoms with Crippen LogP contribution >= 0.6 is 0 Å². The lowest BCUT2D eigenvalue weighted by Gasteiger charge is -2.27. The fraction of sp³-hybridized carbons (Fsp3) is 0.150. The van der Waals surface area contributed by atoms with Gasteiger partial charge in [-0.25, -0.2) is 4.68 Å². The molecule has 28 heavy (non-hydrogen) atoms. The van der Waals surface area contributed by atoms with Crippen LogP contribution in [0.4, 0.5) is 0 Å². The molecule has 0 aliphatic carbocycles. The van der Waals surface area contributed by atoms with Gasteiger partial charge in [-0.15, -0.1) is 5.10 Å². The van der Waals surface area contributed by atoms with E-state index in [0.29, 0.717) is 36.8 Å². The van der Waals surface area contributed by atoms with Gasteiger partial charge in [0.25, 0.3) is 11.8 Å². The Morgan fingerprint density at radius 3 is 2.50 bits per heavy atom. The van der Waals surface area contributed by atoms with Gasteiger partial charge in [-0.2, -0.15) is 4.98 Å². The highest BCUT2D eigenvalue weighted by Gasteiger charge is 2.32. The van der Waals surface area contributed by atoms with Gasteiger partial charge in [0.05, 0.1) is 6.54 Å². The van der Waals surface area contributed by atoms with Crippen LogP contribution < -0.4 is 0 Å². The molecule has 0 unspecified atom stereocenters. The van der Waals surface area contributed by atoms with E-state index in [9.17, 15) is 4.79 Å². The van der Waals surface area contributed by atoms with Crippen LogP contribution in [0.15, 0.2) is 65.2 Å². The maximum atomic E-state index is 13.1. The molecule has 1 aliphatic rings. The Hall–Kier alpha value is -3.81. The summed E-state index contributed by atoms with van der Waals surface area (Å²) in [5.41, 5.74) is 2.60. The molecule has 0 atom stereocenters. The van der Waals surface area contributed by atoms with Crippen molar-refractivity contribution < 1.29 is 9.32 Å². The molecule has 4 aromatic rings. The number of hydrogen-bond acceptors (Lipinski definition) is 6. The second-order valence-corrected chi connectivity index (χ2v) is 6.51. The van der Waals surface area contributed by atoms with Crippen molar-refractivity contribution in [2.75, 3.05) is 6.54 Å². The van der Waals surface area contributed by atoms with Gasteiger partial charge < -0.3 is 9.42 Å². The average Bonchev–Trinajstić information content (AvgIpc) is 3.39. The summed E-state index contributed by atoms with van der Waals surface area (Å²) < 4.78 is 6.99. The van der Waals surface area contributed by atoms with Gasteiger partial charge in [-0.1, -0.05) is 71.0 Å². The quantitative estimate of drug-likeness (QED) is 0.547. The average molecular weight is 372 g/mol. The fourth-order valence-electron chi connectivity index (χ4n) is 3.27. The van der Waals surface area contributed by atoms with Crippen molar-refractivity contribution in [3.05, 3.63) is 71.9 Å². The number of fused-ring (bicyclic) bond motifs is 1. The number of aromatic nitrogens is 5. The number of nitrogens with zero attached hydrogens (tertiary/aromatic N) is 6. The number of rotatable bonds is 4. The molecule has 0 N–H and O–H groups in total. The lowest BCUT2D eigenvalue weighted by Crippen LogP contribution is -2.40. The summed E-state index contributed by atoms with van der Waals surface area (Å²) in [6, 6.07) is 19.4. The molecular weight excluding hydrogens is 356 g/mol. The van der Waals surface area contributed by atoms with E-state index in [0.717, 1.165) is 11.1 Å². The zero-order chi connectivity index (χ0) is 18.9. The molecule has 0 spiro atoms. The van der Waals surface area contributed by atoms with Crippen LogP contribution in [0.3, 0.4) is 0 Å². The third-order valence-electron chi connectivity index (χ3n) is 4.68. The van der Waals surface area contributed by atoms with Gasteiger partial charge in [0, 0.05) is 18.7 Å². The largest absolute Gasteiger partial charge is 0.332 e. The fourth-order valence-corrected chi connectivity index (χ4v) is 3.27. The van der Waals surface area contributed by atoms with Gasteiger partial charge in [-0.05, 0) is 5.56 Å². The molecule has 0 fully saturated rings. The molecule has 5 rings (SSSR count). The summed E-state index contributed by atoms with van der Waals surface area (Å²) in [4.78, 5) is 19.3. The predicted molar refractivity (Wildman–Crippen MR) is 99.9 cm³/mol.